The molecule has 0 radical (unpaired) electrons. The molecule has 0 saturated heterocycles. The number of hydrogen-bond donors (Lipinski definition) is 1. The lowest BCUT2D eigenvalue weighted by Crippen LogP contribution is -2.19. The van der Waals surface area contributed by atoms with Crippen LogP contribution in [0.2, 0.25) is 0 Å². The number of benzene rings is 2. The molecule has 0 aliphatic heterocycles. The number of hydrogen-bond acceptors (Lipinski definition) is 3. The minimum atomic E-state index is -4.41. The quantitative estimate of drug-likeness (QED) is 0.913. The lowest BCUT2D eigenvalue weighted by atomic mass is 9.99. The first-order valence-corrected chi connectivity index (χ1v) is 6.50. The van der Waals surface area contributed by atoms with Crippen LogP contribution in [0.4, 0.5) is 13.2 Å². The third-order valence-electron chi connectivity index (χ3n) is 3.02. The third kappa shape index (κ3) is 4.14. The van der Waals surface area contributed by atoms with Gasteiger partial charge in [-0.1, -0.05) is 24.3 Å². The maximum absolute atomic E-state index is 12.3. The number of ether oxygens (including phenoxy) is 2. The van der Waals surface area contributed by atoms with Crippen molar-refractivity contribution in [3.8, 4) is 22.6 Å². The molecule has 2 aromatic rings. The third-order valence-corrected chi connectivity index (χ3v) is 3.02. The van der Waals surface area contributed by atoms with Crippen LogP contribution in [0.15, 0.2) is 42.5 Å². The van der Waals surface area contributed by atoms with E-state index in [1.165, 1.54) is 19.2 Å². The zero-order valence-corrected chi connectivity index (χ0v) is 11.9. The fourth-order valence-corrected chi connectivity index (χ4v) is 2.03. The summed E-state index contributed by atoms with van der Waals surface area (Å²) >= 11 is 0. The van der Waals surface area contributed by atoms with Crippen LogP contribution in [0.1, 0.15) is 5.56 Å². The second-order valence-corrected chi connectivity index (χ2v) is 4.62. The zero-order chi connectivity index (χ0) is 16.2. The Bertz CT molecular complexity index is 639. The van der Waals surface area contributed by atoms with Crippen LogP contribution in [0, 0.1) is 0 Å². The molecule has 2 aromatic carbocycles. The highest BCUT2D eigenvalue weighted by Crippen LogP contribution is 2.32. The van der Waals surface area contributed by atoms with Crippen molar-refractivity contribution in [1.82, 2.24) is 0 Å². The van der Waals surface area contributed by atoms with Gasteiger partial charge in [0.15, 0.2) is 6.61 Å². The fourth-order valence-electron chi connectivity index (χ4n) is 2.03. The molecule has 6 heteroatoms. The van der Waals surface area contributed by atoms with E-state index in [4.69, 9.17) is 9.47 Å². The normalized spacial score (nSPS) is 11.3. The maximum Gasteiger partial charge on any atom is 0.422 e. The van der Waals surface area contributed by atoms with E-state index in [-0.39, 0.29) is 12.4 Å². The van der Waals surface area contributed by atoms with Gasteiger partial charge in [-0.3, -0.25) is 0 Å². The lowest BCUT2D eigenvalue weighted by molar-refractivity contribution is -0.153. The molecule has 0 aromatic heterocycles. The van der Waals surface area contributed by atoms with Gasteiger partial charge in [-0.25, -0.2) is 0 Å². The molecule has 0 fully saturated rings. The molecule has 0 spiro atoms. The second-order valence-electron chi connectivity index (χ2n) is 4.62. The summed E-state index contributed by atoms with van der Waals surface area (Å²) in [4.78, 5) is 0. The van der Waals surface area contributed by atoms with Crippen LogP contribution >= 0.6 is 0 Å². The Morgan fingerprint density at radius 2 is 1.73 bits per heavy atom. The van der Waals surface area contributed by atoms with Crippen molar-refractivity contribution in [3.05, 3.63) is 48.0 Å². The van der Waals surface area contributed by atoms with Gasteiger partial charge in [0.05, 0.1) is 13.7 Å². The molecule has 0 aliphatic rings. The SMILES string of the molecule is COc1cc(OCC(F)(F)F)cc(-c2ccccc2CO)c1. The van der Waals surface area contributed by atoms with E-state index in [1.54, 1.807) is 30.3 Å². The number of alkyl halides is 3. The van der Waals surface area contributed by atoms with Crippen LogP contribution in [0.5, 0.6) is 11.5 Å². The van der Waals surface area contributed by atoms with Crippen molar-refractivity contribution in [2.45, 2.75) is 12.8 Å². The average molecular weight is 312 g/mol. The molecule has 118 valence electrons. The summed E-state index contributed by atoms with van der Waals surface area (Å²) < 4.78 is 46.7. The lowest BCUT2D eigenvalue weighted by Gasteiger charge is -2.14. The Balaban J connectivity index is 2.39. The van der Waals surface area contributed by atoms with Crippen molar-refractivity contribution in [3.63, 3.8) is 0 Å². The van der Waals surface area contributed by atoms with E-state index in [0.717, 1.165) is 0 Å². The molecule has 0 aliphatic carbocycles. The van der Waals surface area contributed by atoms with Gasteiger partial charge in [-0.2, -0.15) is 13.2 Å². The molecule has 0 saturated carbocycles. The van der Waals surface area contributed by atoms with E-state index < -0.39 is 12.8 Å². The Kier molecular flexibility index (Phi) is 4.92. The Morgan fingerprint density at radius 1 is 1.05 bits per heavy atom. The second kappa shape index (κ2) is 6.70. The average Bonchev–Trinajstić information content (AvgIpc) is 2.52. The summed E-state index contributed by atoms with van der Waals surface area (Å²) in [6, 6.07) is 11.6. The zero-order valence-electron chi connectivity index (χ0n) is 11.9. The molecule has 1 N–H and O–H groups in total. The minimum absolute atomic E-state index is 0.0550. The molecule has 2 rings (SSSR count). The van der Waals surface area contributed by atoms with E-state index in [9.17, 15) is 18.3 Å². The molecule has 22 heavy (non-hydrogen) atoms. The van der Waals surface area contributed by atoms with Gasteiger partial charge in [0.1, 0.15) is 11.5 Å². The largest absolute Gasteiger partial charge is 0.497 e. The highest BCUT2D eigenvalue weighted by atomic mass is 19.4. The summed E-state index contributed by atoms with van der Waals surface area (Å²) in [5.74, 6) is 0.432. The smallest absolute Gasteiger partial charge is 0.422 e. The molecule has 0 heterocycles. The molecule has 0 atom stereocenters. The number of methoxy groups -OCH3 is 1. The maximum atomic E-state index is 12.3. The Labute approximate surface area is 125 Å². The number of aliphatic hydroxyl groups excluding tert-OH is 1. The van der Waals surface area contributed by atoms with E-state index >= 15 is 0 Å². The Morgan fingerprint density at radius 3 is 2.36 bits per heavy atom. The van der Waals surface area contributed by atoms with Crippen LogP contribution < -0.4 is 9.47 Å². The van der Waals surface area contributed by atoms with Gasteiger partial charge in [0, 0.05) is 6.07 Å². The molecule has 0 bridgehead atoms. The van der Waals surface area contributed by atoms with E-state index in [0.29, 0.717) is 22.4 Å². The van der Waals surface area contributed by atoms with Crippen molar-refractivity contribution in [1.29, 1.82) is 0 Å². The molecule has 0 amide bonds. The van der Waals surface area contributed by atoms with Gasteiger partial charge in [-0.15, -0.1) is 0 Å². The summed E-state index contributed by atoms with van der Waals surface area (Å²) in [6.45, 7) is -1.55. The van der Waals surface area contributed by atoms with Crippen molar-refractivity contribution < 1.29 is 27.8 Å². The van der Waals surface area contributed by atoms with Gasteiger partial charge in [0.2, 0.25) is 0 Å². The van der Waals surface area contributed by atoms with Crippen LogP contribution in [-0.4, -0.2) is 25.0 Å². The predicted octanol–water partition coefficient (Wildman–Crippen LogP) is 3.80. The molecule has 3 nitrogen and oxygen atoms in total. The van der Waals surface area contributed by atoms with Gasteiger partial charge < -0.3 is 14.6 Å². The number of halogens is 3. The van der Waals surface area contributed by atoms with Gasteiger partial charge in [0.25, 0.3) is 0 Å². The number of aliphatic hydroxyl groups is 1. The molecular weight excluding hydrogens is 297 g/mol. The summed E-state index contributed by atoms with van der Waals surface area (Å²) in [5, 5.41) is 9.37. The number of rotatable bonds is 5. The molecular formula is C16H15F3O3. The van der Waals surface area contributed by atoms with Gasteiger partial charge >= 0.3 is 6.18 Å². The molecule has 0 unspecified atom stereocenters. The first kappa shape index (κ1) is 16.2. The van der Waals surface area contributed by atoms with Crippen molar-refractivity contribution in [2.75, 3.05) is 13.7 Å². The summed E-state index contributed by atoms with van der Waals surface area (Å²) in [7, 11) is 1.42. The monoisotopic (exact) mass is 312 g/mol. The van der Waals surface area contributed by atoms with Crippen LogP contribution in [0.3, 0.4) is 0 Å². The van der Waals surface area contributed by atoms with Crippen LogP contribution in [0.25, 0.3) is 11.1 Å². The summed E-state index contributed by atoms with van der Waals surface area (Å²) in [6.07, 6.45) is -4.41. The standard InChI is InChI=1S/C16H15F3O3/c1-21-13-6-12(15-5-3-2-4-11(15)9-20)7-14(8-13)22-10-16(17,18)19/h2-8,20H,9-10H2,1H3. The fraction of sp³-hybridized carbons (Fsp3) is 0.250. The van der Waals surface area contributed by atoms with Crippen molar-refractivity contribution >= 4 is 0 Å². The minimum Gasteiger partial charge on any atom is -0.497 e. The van der Waals surface area contributed by atoms with E-state index in [2.05, 4.69) is 0 Å². The Hall–Kier alpha value is -2.21. The first-order valence-electron chi connectivity index (χ1n) is 6.50. The van der Waals surface area contributed by atoms with Gasteiger partial charge in [-0.05, 0) is 28.8 Å². The summed E-state index contributed by atoms with van der Waals surface area (Å²) in [5.41, 5.74) is 1.99. The van der Waals surface area contributed by atoms with Crippen LogP contribution in [-0.2, 0) is 6.61 Å². The van der Waals surface area contributed by atoms with E-state index in [1.807, 2.05) is 0 Å². The highest BCUT2D eigenvalue weighted by molar-refractivity contribution is 5.70. The first-order chi connectivity index (χ1) is 10.4. The highest BCUT2D eigenvalue weighted by Gasteiger charge is 2.28. The predicted molar refractivity (Wildman–Crippen MR) is 75.9 cm³/mol. The van der Waals surface area contributed by atoms with Crippen molar-refractivity contribution in [2.24, 2.45) is 0 Å². The topological polar surface area (TPSA) is 38.7 Å².